The molecule has 2 amide bonds. The Hall–Kier alpha value is -3.56. The maximum Gasteiger partial charge on any atom is 0.269 e. The van der Waals surface area contributed by atoms with E-state index in [1.54, 1.807) is 53.6 Å². The minimum absolute atomic E-state index is 0.0504. The summed E-state index contributed by atoms with van der Waals surface area (Å²) in [4.78, 5) is 38.9. The molecule has 0 saturated carbocycles. The lowest BCUT2D eigenvalue weighted by molar-refractivity contribution is -0.384. The number of unbranched alkanes of at least 4 members (excludes halogenated alkanes) is 7. The van der Waals surface area contributed by atoms with Crippen LogP contribution in [0.4, 0.5) is 17.1 Å². The van der Waals surface area contributed by atoms with Crippen molar-refractivity contribution in [2.75, 3.05) is 10.3 Å². The fourth-order valence-corrected chi connectivity index (χ4v) is 5.42. The van der Waals surface area contributed by atoms with Gasteiger partial charge in [-0.25, -0.2) is 9.91 Å². The molecule has 9 nitrogen and oxygen atoms in total. The number of rotatable bonds is 14. The summed E-state index contributed by atoms with van der Waals surface area (Å²) in [6.07, 6.45) is 12.6. The van der Waals surface area contributed by atoms with Gasteiger partial charge in [-0.15, -0.1) is 0 Å². The zero-order valence-corrected chi connectivity index (χ0v) is 22.4. The Morgan fingerprint density at radius 3 is 2.18 bits per heavy atom. The van der Waals surface area contributed by atoms with E-state index in [0.717, 1.165) is 19.3 Å². The van der Waals surface area contributed by atoms with Crippen molar-refractivity contribution in [1.82, 2.24) is 5.01 Å². The first-order valence-corrected chi connectivity index (χ1v) is 14.0. The van der Waals surface area contributed by atoms with Crippen LogP contribution in [0.3, 0.4) is 0 Å². The molecule has 39 heavy (non-hydrogen) atoms. The van der Waals surface area contributed by atoms with Gasteiger partial charge in [0.2, 0.25) is 5.91 Å². The number of nitrogens with zero attached hydrogens (tertiary/aromatic N) is 3. The Kier molecular flexibility index (Phi) is 9.84. The Bertz CT molecular complexity index is 1150. The summed E-state index contributed by atoms with van der Waals surface area (Å²) in [5, 5.41) is 24.0. The molecule has 2 aromatic carbocycles. The van der Waals surface area contributed by atoms with Crippen molar-refractivity contribution < 1.29 is 19.6 Å². The third kappa shape index (κ3) is 6.72. The van der Waals surface area contributed by atoms with E-state index in [4.69, 9.17) is 0 Å². The average molecular weight is 535 g/mol. The molecule has 2 aliphatic heterocycles. The van der Waals surface area contributed by atoms with Gasteiger partial charge in [-0.2, -0.15) is 0 Å². The number of aliphatic hydroxyl groups is 1. The number of para-hydroxylation sites is 1. The van der Waals surface area contributed by atoms with Gasteiger partial charge in [0.1, 0.15) is 6.04 Å². The predicted octanol–water partition coefficient (Wildman–Crippen LogP) is 5.61. The highest BCUT2D eigenvalue weighted by atomic mass is 16.6. The van der Waals surface area contributed by atoms with Gasteiger partial charge in [0.25, 0.3) is 11.6 Å². The number of aliphatic hydroxyl groups excluding tert-OH is 1. The molecule has 2 N–H and O–H groups in total. The van der Waals surface area contributed by atoms with Crippen LogP contribution in [0.15, 0.2) is 66.7 Å². The number of carbonyl (C=O) groups excluding carboxylic acids is 2. The quantitative estimate of drug-likeness (QED) is 0.106. The first-order chi connectivity index (χ1) is 18.9. The largest absolute Gasteiger partial charge is 0.391 e. The summed E-state index contributed by atoms with van der Waals surface area (Å²) in [5.74, 6) is -1.41. The van der Waals surface area contributed by atoms with Crippen molar-refractivity contribution in [1.29, 1.82) is 0 Å². The number of non-ortho nitro benzene ring substituents is 1. The van der Waals surface area contributed by atoms with E-state index in [1.165, 1.54) is 49.1 Å². The summed E-state index contributed by atoms with van der Waals surface area (Å²) in [6.45, 7) is 2.21. The summed E-state index contributed by atoms with van der Waals surface area (Å²) in [7, 11) is 0. The number of imide groups is 1. The first-order valence-electron chi connectivity index (χ1n) is 14.0. The number of amides is 2. The van der Waals surface area contributed by atoms with Gasteiger partial charge in [-0.05, 0) is 30.7 Å². The van der Waals surface area contributed by atoms with Crippen LogP contribution in [-0.4, -0.2) is 45.0 Å². The molecule has 1 saturated heterocycles. The molecule has 0 spiro atoms. The lowest BCUT2D eigenvalue weighted by Gasteiger charge is -2.40. The summed E-state index contributed by atoms with van der Waals surface area (Å²) in [6, 6.07) is 13.3. The second-order valence-corrected chi connectivity index (χ2v) is 10.3. The van der Waals surface area contributed by atoms with Gasteiger partial charge < -0.3 is 10.5 Å². The molecular weight excluding hydrogens is 496 g/mol. The van der Waals surface area contributed by atoms with Crippen molar-refractivity contribution >= 4 is 28.9 Å². The summed E-state index contributed by atoms with van der Waals surface area (Å²) < 4.78 is 0. The molecule has 0 radical (unpaired) electrons. The van der Waals surface area contributed by atoms with Crippen LogP contribution in [0.1, 0.15) is 64.7 Å². The smallest absolute Gasteiger partial charge is 0.269 e. The number of fused-ring (bicyclic) bond motifs is 1. The average Bonchev–Trinajstić information content (AvgIpc) is 3.20. The van der Waals surface area contributed by atoms with Crippen LogP contribution in [0.25, 0.3) is 0 Å². The topological polar surface area (TPSA) is 116 Å². The number of carbonyl (C=O) groups is 2. The van der Waals surface area contributed by atoms with Gasteiger partial charge in [-0.1, -0.05) is 88.6 Å². The van der Waals surface area contributed by atoms with Gasteiger partial charge >= 0.3 is 0 Å². The minimum Gasteiger partial charge on any atom is -0.391 e. The maximum atomic E-state index is 13.7. The van der Waals surface area contributed by atoms with Crippen LogP contribution in [0, 0.1) is 16.0 Å². The summed E-state index contributed by atoms with van der Waals surface area (Å²) in [5.41, 5.74) is 4.18. The second kappa shape index (κ2) is 13.5. The Labute approximate surface area is 229 Å². The van der Waals surface area contributed by atoms with Gasteiger partial charge in [-0.3, -0.25) is 19.7 Å². The Balaban J connectivity index is 1.50. The Morgan fingerprint density at radius 2 is 1.54 bits per heavy atom. The number of nitro groups is 1. The van der Waals surface area contributed by atoms with E-state index in [9.17, 15) is 24.8 Å². The SMILES string of the molecule is CCCCCCCCCC[C@@H](O)C1C=C[C@H]2C(=O)N(c3ccccc3)C(=O)[C@H]2N1Nc1ccc([N+](=O)[O-])cc1. The van der Waals surface area contributed by atoms with Crippen molar-refractivity contribution in [3.63, 3.8) is 0 Å². The third-order valence-corrected chi connectivity index (χ3v) is 7.55. The molecule has 0 aromatic heterocycles. The van der Waals surface area contributed by atoms with Crippen molar-refractivity contribution in [3.8, 4) is 0 Å². The minimum atomic E-state index is -0.865. The molecule has 0 bridgehead atoms. The third-order valence-electron chi connectivity index (χ3n) is 7.55. The fraction of sp³-hybridized carbons (Fsp3) is 0.467. The number of hydrogen-bond acceptors (Lipinski definition) is 7. The maximum absolute atomic E-state index is 13.7. The molecule has 4 rings (SSSR count). The highest BCUT2D eigenvalue weighted by Gasteiger charge is 2.54. The van der Waals surface area contributed by atoms with Crippen LogP contribution in [0.5, 0.6) is 0 Å². The normalized spacial score (nSPS) is 21.7. The molecule has 2 heterocycles. The standard InChI is InChI=1S/C30H38N4O5/c1-2-3-4-5-6-7-8-12-15-27(35)26-21-20-25-28(30(37)32(29(25)36)23-13-10-9-11-14-23)33(26)31-22-16-18-24(19-17-22)34(38)39/h9-11,13-14,16-21,25-28,31,35H,2-8,12,15H2,1H3/t25-,26?,27-,28+/m1/s1. The molecular formula is C30H38N4O5. The second-order valence-electron chi connectivity index (χ2n) is 10.3. The highest BCUT2D eigenvalue weighted by molar-refractivity contribution is 6.24. The fourth-order valence-electron chi connectivity index (χ4n) is 5.42. The number of nitrogens with one attached hydrogen (secondary N) is 1. The number of hydrogen-bond donors (Lipinski definition) is 2. The van der Waals surface area contributed by atoms with E-state index in [-0.39, 0.29) is 17.5 Å². The molecule has 9 heteroatoms. The van der Waals surface area contributed by atoms with E-state index in [1.807, 2.05) is 6.07 Å². The van der Waals surface area contributed by atoms with Crippen LogP contribution < -0.4 is 10.3 Å². The molecule has 4 atom stereocenters. The van der Waals surface area contributed by atoms with E-state index in [0.29, 0.717) is 17.8 Å². The molecule has 1 unspecified atom stereocenters. The number of hydrazine groups is 1. The van der Waals surface area contributed by atoms with Crippen LogP contribution in [0.2, 0.25) is 0 Å². The van der Waals surface area contributed by atoms with Crippen molar-refractivity contribution in [3.05, 3.63) is 76.9 Å². The number of anilines is 2. The van der Waals surface area contributed by atoms with Crippen molar-refractivity contribution in [2.24, 2.45) is 5.92 Å². The van der Waals surface area contributed by atoms with Gasteiger partial charge in [0, 0.05) is 17.8 Å². The highest BCUT2D eigenvalue weighted by Crippen LogP contribution is 2.36. The predicted molar refractivity (Wildman–Crippen MR) is 151 cm³/mol. The lowest BCUT2D eigenvalue weighted by atomic mass is 9.91. The van der Waals surface area contributed by atoms with Crippen LogP contribution in [-0.2, 0) is 9.59 Å². The van der Waals surface area contributed by atoms with Gasteiger partial charge in [0.05, 0.1) is 28.7 Å². The van der Waals surface area contributed by atoms with E-state index < -0.39 is 29.0 Å². The summed E-state index contributed by atoms with van der Waals surface area (Å²) >= 11 is 0. The van der Waals surface area contributed by atoms with Gasteiger partial charge in [0.15, 0.2) is 0 Å². The zero-order valence-electron chi connectivity index (χ0n) is 22.4. The first kappa shape index (κ1) is 28.4. The molecule has 1 fully saturated rings. The molecule has 2 aliphatic rings. The number of nitro benzene ring substituents is 1. The molecule has 208 valence electrons. The lowest BCUT2D eigenvalue weighted by Crippen LogP contribution is -2.57. The molecule has 2 aromatic rings. The van der Waals surface area contributed by atoms with E-state index >= 15 is 0 Å². The Morgan fingerprint density at radius 1 is 0.897 bits per heavy atom. The van der Waals surface area contributed by atoms with E-state index in [2.05, 4.69) is 12.3 Å². The molecule has 0 aliphatic carbocycles. The zero-order chi connectivity index (χ0) is 27.8. The van der Waals surface area contributed by atoms with Crippen molar-refractivity contribution in [2.45, 2.75) is 82.9 Å². The number of benzene rings is 2. The monoisotopic (exact) mass is 534 g/mol. The van der Waals surface area contributed by atoms with Crippen LogP contribution >= 0.6 is 0 Å².